The van der Waals surface area contributed by atoms with Gasteiger partial charge in [0.1, 0.15) is 11.6 Å². The molecule has 1 atom stereocenters. The van der Waals surface area contributed by atoms with E-state index in [1.165, 1.54) is 12.1 Å². The molecule has 7 nitrogen and oxygen atoms in total. The van der Waals surface area contributed by atoms with Crippen LogP contribution in [0.2, 0.25) is 0 Å². The fourth-order valence-corrected chi connectivity index (χ4v) is 4.95. The third-order valence-electron chi connectivity index (χ3n) is 6.91. The minimum absolute atomic E-state index is 0.0828. The second-order valence-corrected chi connectivity index (χ2v) is 9.46. The first-order valence-electron chi connectivity index (χ1n) is 12.9. The highest BCUT2D eigenvalue weighted by molar-refractivity contribution is 5.94. The molecule has 1 aromatic heterocycles. The van der Waals surface area contributed by atoms with Gasteiger partial charge in [0.25, 0.3) is 5.91 Å². The average molecular weight is 531 g/mol. The number of methoxy groups -OCH3 is 3. The van der Waals surface area contributed by atoms with Crippen LogP contribution >= 0.6 is 0 Å². The smallest absolute Gasteiger partial charge is 0.254 e. The lowest BCUT2D eigenvalue weighted by atomic mass is 10.0. The minimum Gasteiger partial charge on any atom is -0.497 e. The zero-order valence-electron chi connectivity index (χ0n) is 22.3. The zero-order chi connectivity index (χ0) is 27.4. The molecule has 1 amide bonds. The molecule has 0 radical (unpaired) electrons. The van der Waals surface area contributed by atoms with Gasteiger partial charge < -0.3 is 23.8 Å². The summed E-state index contributed by atoms with van der Waals surface area (Å²) in [4.78, 5) is 20.4. The molecule has 202 valence electrons. The van der Waals surface area contributed by atoms with Crippen molar-refractivity contribution in [3.63, 3.8) is 0 Å². The van der Waals surface area contributed by atoms with Crippen molar-refractivity contribution in [1.82, 2.24) is 9.88 Å². The Morgan fingerprint density at radius 3 is 2.51 bits per heavy atom. The van der Waals surface area contributed by atoms with Crippen molar-refractivity contribution in [2.75, 3.05) is 34.5 Å². The van der Waals surface area contributed by atoms with Gasteiger partial charge in [-0.3, -0.25) is 4.79 Å². The number of benzene rings is 3. The molecule has 1 aliphatic rings. The second-order valence-electron chi connectivity index (χ2n) is 9.46. The third kappa shape index (κ3) is 5.81. The van der Waals surface area contributed by atoms with Crippen LogP contribution in [0.4, 0.5) is 4.39 Å². The molecule has 1 saturated heterocycles. The number of aromatic nitrogens is 1. The van der Waals surface area contributed by atoms with E-state index in [0.29, 0.717) is 36.1 Å². The van der Waals surface area contributed by atoms with E-state index in [4.69, 9.17) is 23.9 Å². The summed E-state index contributed by atoms with van der Waals surface area (Å²) in [5.41, 5.74) is 3.38. The van der Waals surface area contributed by atoms with Gasteiger partial charge in [-0.15, -0.1) is 0 Å². The summed E-state index contributed by atoms with van der Waals surface area (Å²) in [6, 6.07) is 19.1. The highest BCUT2D eigenvalue weighted by Gasteiger charge is 2.26. The Labute approximate surface area is 227 Å². The van der Waals surface area contributed by atoms with Crippen LogP contribution in [0.25, 0.3) is 22.2 Å². The van der Waals surface area contributed by atoms with E-state index in [9.17, 15) is 9.18 Å². The number of rotatable bonds is 9. The van der Waals surface area contributed by atoms with Crippen LogP contribution in [-0.4, -0.2) is 56.4 Å². The Kier molecular flexibility index (Phi) is 7.93. The van der Waals surface area contributed by atoms with Crippen LogP contribution in [0.1, 0.15) is 28.8 Å². The largest absolute Gasteiger partial charge is 0.497 e. The van der Waals surface area contributed by atoms with Crippen molar-refractivity contribution >= 4 is 16.8 Å². The Bertz CT molecular complexity index is 1490. The van der Waals surface area contributed by atoms with Gasteiger partial charge in [-0.05, 0) is 60.9 Å². The van der Waals surface area contributed by atoms with E-state index in [0.717, 1.165) is 34.9 Å². The number of halogens is 1. The Hall–Kier alpha value is -4.17. The molecule has 3 aromatic carbocycles. The van der Waals surface area contributed by atoms with Gasteiger partial charge in [0.05, 0.1) is 38.6 Å². The number of ether oxygens (including phenoxy) is 4. The summed E-state index contributed by atoms with van der Waals surface area (Å²) in [6.45, 7) is 1.30. The summed E-state index contributed by atoms with van der Waals surface area (Å²) >= 11 is 0. The van der Waals surface area contributed by atoms with Crippen molar-refractivity contribution in [2.24, 2.45) is 0 Å². The Morgan fingerprint density at radius 1 is 1.00 bits per heavy atom. The number of carbonyl (C=O) groups is 1. The highest BCUT2D eigenvalue weighted by Crippen LogP contribution is 2.35. The molecule has 0 N–H and O–H groups in total. The van der Waals surface area contributed by atoms with Crippen LogP contribution in [0.15, 0.2) is 66.7 Å². The van der Waals surface area contributed by atoms with Gasteiger partial charge >= 0.3 is 0 Å². The lowest BCUT2D eigenvalue weighted by Gasteiger charge is -2.27. The number of pyridine rings is 1. The van der Waals surface area contributed by atoms with Gasteiger partial charge in [-0.25, -0.2) is 9.37 Å². The number of hydrogen-bond donors (Lipinski definition) is 0. The molecular weight excluding hydrogens is 499 g/mol. The lowest BCUT2D eigenvalue weighted by Crippen LogP contribution is -2.37. The molecule has 1 fully saturated rings. The third-order valence-corrected chi connectivity index (χ3v) is 6.91. The van der Waals surface area contributed by atoms with Gasteiger partial charge in [-0.1, -0.05) is 18.2 Å². The van der Waals surface area contributed by atoms with Crippen LogP contribution in [0.3, 0.4) is 0 Å². The average Bonchev–Trinajstić information content (AvgIpc) is 3.48. The van der Waals surface area contributed by atoms with E-state index >= 15 is 0 Å². The number of hydrogen-bond acceptors (Lipinski definition) is 6. The van der Waals surface area contributed by atoms with Crippen molar-refractivity contribution < 1.29 is 28.1 Å². The van der Waals surface area contributed by atoms with E-state index in [1.807, 2.05) is 42.5 Å². The minimum atomic E-state index is -0.455. The van der Waals surface area contributed by atoms with E-state index in [1.54, 1.807) is 38.4 Å². The quantitative estimate of drug-likeness (QED) is 0.269. The molecule has 0 spiro atoms. The van der Waals surface area contributed by atoms with Crippen molar-refractivity contribution in [3.05, 3.63) is 83.7 Å². The Morgan fingerprint density at radius 2 is 1.79 bits per heavy atom. The number of fused-ring (bicyclic) bond motifs is 1. The first-order valence-corrected chi connectivity index (χ1v) is 12.9. The molecule has 0 saturated carbocycles. The zero-order valence-corrected chi connectivity index (χ0v) is 22.3. The molecule has 39 heavy (non-hydrogen) atoms. The fraction of sp³-hybridized carbons (Fsp3) is 0.290. The van der Waals surface area contributed by atoms with Crippen LogP contribution in [-0.2, 0) is 11.3 Å². The summed E-state index contributed by atoms with van der Waals surface area (Å²) in [7, 11) is 4.79. The monoisotopic (exact) mass is 530 g/mol. The Balaban J connectivity index is 1.63. The molecule has 0 aliphatic carbocycles. The molecule has 4 aromatic rings. The molecule has 2 heterocycles. The molecule has 0 bridgehead atoms. The maximum Gasteiger partial charge on any atom is 0.254 e. The van der Waals surface area contributed by atoms with Gasteiger partial charge in [0, 0.05) is 42.3 Å². The van der Waals surface area contributed by atoms with Gasteiger partial charge in [0.2, 0.25) is 0 Å². The highest BCUT2D eigenvalue weighted by atomic mass is 19.1. The number of amides is 1. The lowest BCUT2D eigenvalue weighted by molar-refractivity contribution is 0.0507. The maximum absolute atomic E-state index is 14.0. The van der Waals surface area contributed by atoms with Crippen LogP contribution in [0.5, 0.6) is 17.2 Å². The van der Waals surface area contributed by atoms with E-state index in [2.05, 4.69) is 0 Å². The number of carbonyl (C=O) groups excluding carboxylic acids is 1. The van der Waals surface area contributed by atoms with Crippen molar-refractivity contribution in [2.45, 2.75) is 25.5 Å². The fourth-order valence-electron chi connectivity index (χ4n) is 4.95. The topological polar surface area (TPSA) is 70.1 Å². The first kappa shape index (κ1) is 26.4. The standard InChI is InChI=1S/C31H31FN2O5/c1-36-25-10-5-7-20(15-25)30-23(13-22-16-28(37-2)29(38-3)17-27(22)33-30)18-34(19-26-11-6-12-39-26)31(35)21-8-4-9-24(32)14-21/h4-5,7-10,13-17,26H,6,11-12,18-19H2,1-3H3. The van der Waals surface area contributed by atoms with E-state index in [-0.39, 0.29) is 24.1 Å². The number of nitrogens with zero attached hydrogens (tertiary/aromatic N) is 2. The predicted molar refractivity (Wildman–Crippen MR) is 147 cm³/mol. The molecule has 5 rings (SSSR count). The normalized spacial score (nSPS) is 14.8. The predicted octanol–water partition coefficient (Wildman–Crippen LogP) is 5.89. The second kappa shape index (κ2) is 11.7. The summed E-state index contributed by atoms with van der Waals surface area (Å²) in [5, 5.41) is 0.838. The molecule has 8 heteroatoms. The molecular formula is C31H31FN2O5. The SMILES string of the molecule is COc1cccc(-c2nc3cc(OC)c(OC)cc3cc2CN(CC2CCCO2)C(=O)c2cccc(F)c2)c1. The maximum atomic E-state index is 14.0. The van der Waals surface area contributed by atoms with Crippen LogP contribution in [0, 0.1) is 5.82 Å². The van der Waals surface area contributed by atoms with Crippen LogP contribution < -0.4 is 14.2 Å². The summed E-state index contributed by atoms with van der Waals surface area (Å²) < 4.78 is 36.4. The molecule has 1 aliphatic heterocycles. The summed E-state index contributed by atoms with van der Waals surface area (Å²) in [5.74, 6) is 1.12. The van der Waals surface area contributed by atoms with Crippen molar-refractivity contribution in [1.29, 1.82) is 0 Å². The summed E-state index contributed by atoms with van der Waals surface area (Å²) in [6.07, 6.45) is 1.73. The van der Waals surface area contributed by atoms with Gasteiger partial charge in [0.15, 0.2) is 11.5 Å². The van der Waals surface area contributed by atoms with E-state index < -0.39 is 5.82 Å². The first-order chi connectivity index (χ1) is 19.0. The van der Waals surface area contributed by atoms with Crippen molar-refractivity contribution in [3.8, 4) is 28.5 Å². The molecule has 1 unspecified atom stereocenters. The van der Waals surface area contributed by atoms with Gasteiger partial charge in [-0.2, -0.15) is 0 Å².